The van der Waals surface area contributed by atoms with Gasteiger partial charge in [-0.3, -0.25) is 10.6 Å². The van der Waals surface area contributed by atoms with Gasteiger partial charge in [-0.15, -0.1) is 34.0 Å². The van der Waals surface area contributed by atoms with Crippen molar-refractivity contribution < 1.29 is 0 Å². The summed E-state index contributed by atoms with van der Waals surface area (Å²) in [5.74, 6) is 0. The van der Waals surface area contributed by atoms with E-state index in [0.29, 0.717) is 6.54 Å². The monoisotopic (exact) mass is 711 g/mol. The van der Waals surface area contributed by atoms with E-state index in [9.17, 15) is 0 Å². The van der Waals surface area contributed by atoms with Crippen LogP contribution in [0.1, 0.15) is 29.0 Å². The molecule has 3 aromatic heterocycles. The third-order valence-corrected chi connectivity index (χ3v) is 13.6. The van der Waals surface area contributed by atoms with E-state index in [1.807, 2.05) is 52.2 Å². The van der Waals surface area contributed by atoms with E-state index in [1.54, 1.807) is 0 Å². The summed E-state index contributed by atoms with van der Waals surface area (Å²) in [6, 6.07) is 55.0. The highest BCUT2D eigenvalue weighted by Crippen LogP contribution is 2.43. The van der Waals surface area contributed by atoms with Crippen LogP contribution in [0.4, 0.5) is 0 Å². The maximum atomic E-state index is 6.86. The van der Waals surface area contributed by atoms with Gasteiger partial charge in [0.15, 0.2) is 0 Å². The molecule has 51 heavy (non-hydrogen) atoms. The average molecular weight is 712 g/mol. The molecule has 0 saturated carbocycles. The Kier molecular flexibility index (Phi) is 7.68. The zero-order valence-electron chi connectivity index (χ0n) is 27.6. The highest BCUT2D eigenvalue weighted by molar-refractivity contribution is 7.27. The lowest BCUT2D eigenvalue weighted by Gasteiger charge is -2.26. The molecule has 0 saturated heterocycles. The first-order chi connectivity index (χ1) is 25.2. The highest BCUT2D eigenvalue weighted by atomic mass is 32.1. The fraction of sp³-hybridized carbons (Fsp3) is 0.0667. The Balaban J connectivity index is 1.05. The van der Waals surface area contributed by atoms with Gasteiger partial charge in [0.1, 0.15) is 0 Å². The summed E-state index contributed by atoms with van der Waals surface area (Å²) in [5, 5.41) is 15.5. The third kappa shape index (κ3) is 5.43. The molecule has 0 bridgehead atoms. The minimum atomic E-state index is -0.343. The molecule has 2 atom stereocenters. The lowest BCUT2D eigenvalue weighted by Crippen LogP contribution is -2.39. The van der Waals surface area contributed by atoms with Crippen LogP contribution in [0.15, 0.2) is 152 Å². The van der Waals surface area contributed by atoms with Crippen molar-refractivity contribution in [2.45, 2.75) is 18.9 Å². The summed E-state index contributed by atoms with van der Waals surface area (Å²) < 4.78 is 7.87. The fourth-order valence-corrected chi connectivity index (χ4v) is 11.0. The van der Waals surface area contributed by atoms with Gasteiger partial charge in [0.25, 0.3) is 0 Å². The second-order valence-electron chi connectivity index (χ2n) is 13.1. The van der Waals surface area contributed by atoms with Crippen LogP contribution in [-0.2, 0) is 6.54 Å². The van der Waals surface area contributed by atoms with Crippen LogP contribution in [-0.4, -0.2) is 0 Å². The van der Waals surface area contributed by atoms with Crippen molar-refractivity contribution in [2.24, 2.45) is 5.73 Å². The first-order valence-corrected chi connectivity index (χ1v) is 19.7. The van der Waals surface area contributed by atoms with E-state index >= 15 is 0 Å². The minimum Gasteiger partial charge on any atom is -0.312 e. The molecule has 0 aliphatic rings. The van der Waals surface area contributed by atoms with Gasteiger partial charge in [0, 0.05) is 72.6 Å². The van der Waals surface area contributed by atoms with Gasteiger partial charge >= 0.3 is 0 Å². The van der Waals surface area contributed by atoms with E-state index in [-0.39, 0.29) is 12.3 Å². The van der Waals surface area contributed by atoms with E-state index in [2.05, 4.69) is 144 Å². The van der Waals surface area contributed by atoms with Crippen LogP contribution in [0, 0.1) is 0 Å². The summed E-state index contributed by atoms with van der Waals surface area (Å²) in [4.78, 5) is 0. The van der Waals surface area contributed by atoms with Gasteiger partial charge in [-0.1, -0.05) is 115 Å². The molecule has 0 spiro atoms. The van der Waals surface area contributed by atoms with Crippen LogP contribution in [0.25, 0.3) is 71.6 Å². The van der Waals surface area contributed by atoms with Crippen LogP contribution in [0.5, 0.6) is 0 Å². The van der Waals surface area contributed by atoms with Gasteiger partial charge in [-0.05, 0) is 58.7 Å². The second kappa shape index (κ2) is 12.7. The van der Waals surface area contributed by atoms with Crippen molar-refractivity contribution in [3.8, 4) is 11.1 Å². The lowest BCUT2D eigenvalue weighted by molar-refractivity contribution is 0.388. The number of fused-ring (bicyclic) bond motifs is 9. The maximum Gasteiger partial charge on any atom is 0.0866 e. The number of thiophene rings is 3. The van der Waals surface area contributed by atoms with E-state index in [0.717, 1.165) is 5.56 Å². The second-order valence-corrected chi connectivity index (χ2v) is 16.3. The largest absolute Gasteiger partial charge is 0.312 e. The van der Waals surface area contributed by atoms with Crippen LogP contribution in [0.3, 0.4) is 0 Å². The van der Waals surface area contributed by atoms with Crippen molar-refractivity contribution in [2.75, 3.05) is 0 Å². The Morgan fingerprint density at radius 3 is 1.94 bits per heavy atom. The SMILES string of the molecule is NC(NC(NCc1ccc2sc3ccccc3c2c1)c1cccc2c1sc1ccc(-c3cccc4c3sc3ccccc34)cc12)c1ccccc1. The predicted octanol–water partition coefficient (Wildman–Crippen LogP) is 12.5. The number of benzene rings is 7. The van der Waals surface area contributed by atoms with Crippen LogP contribution < -0.4 is 16.4 Å². The zero-order chi connectivity index (χ0) is 33.9. The van der Waals surface area contributed by atoms with Crippen LogP contribution >= 0.6 is 34.0 Å². The van der Waals surface area contributed by atoms with E-state index in [4.69, 9.17) is 5.73 Å². The fourth-order valence-electron chi connectivity index (χ4n) is 7.49. The normalized spacial score (nSPS) is 13.3. The first-order valence-electron chi connectivity index (χ1n) is 17.2. The number of hydrogen-bond acceptors (Lipinski definition) is 6. The molecule has 0 aliphatic heterocycles. The summed E-state index contributed by atoms with van der Waals surface area (Å²) in [7, 11) is 0. The van der Waals surface area contributed by atoms with Crippen molar-refractivity contribution in [1.29, 1.82) is 0 Å². The van der Waals surface area contributed by atoms with Gasteiger partial charge in [0.05, 0.1) is 12.3 Å². The van der Waals surface area contributed by atoms with E-state index < -0.39 is 0 Å². The molecule has 6 heteroatoms. The molecule has 4 N–H and O–H groups in total. The van der Waals surface area contributed by atoms with Crippen molar-refractivity contribution >= 4 is 94.5 Å². The molecule has 10 rings (SSSR count). The van der Waals surface area contributed by atoms with Gasteiger partial charge in [0.2, 0.25) is 0 Å². The molecule has 3 nitrogen and oxygen atoms in total. The number of rotatable bonds is 8. The molecule has 0 aliphatic carbocycles. The summed E-state index contributed by atoms with van der Waals surface area (Å²) in [6.07, 6.45) is -0.524. The summed E-state index contributed by atoms with van der Waals surface area (Å²) in [6.45, 7) is 0.698. The highest BCUT2D eigenvalue weighted by Gasteiger charge is 2.21. The van der Waals surface area contributed by atoms with Crippen molar-refractivity contribution in [3.05, 3.63) is 168 Å². The number of nitrogens with one attached hydrogen (secondary N) is 2. The van der Waals surface area contributed by atoms with Crippen molar-refractivity contribution in [3.63, 3.8) is 0 Å². The number of nitrogens with two attached hydrogens (primary N) is 1. The smallest absolute Gasteiger partial charge is 0.0866 e. The average Bonchev–Trinajstić information content (AvgIpc) is 3.87. The number of hydrogen-bond donors (Lipinski definition) is 3. The first kappa shape index (κ1) is 30.9. The Hall–Kier alpha value is -4.92. The molecule has 2 unspecified atom stereocenters. The molecule has 3 heterocycles. The Labute approximate surface area is 307 Å². The molecule has 0 radical (unpaired) electrons. The standard InChI is InChI=1S/C45H33N3S3/c46-44(28-10-2-1-3-11-28)48-45(47-26-27-20-22-40-36(24-27)32-13-5-6-18-38(32)49-40)35-17-9-16-34-37-25-29(21-23-41(37)51-43(34)35)30-14-8-15-33-31-12-4-7-19-39(31)50-42(30)33/h1-25,44-45,47-48H,26,46H2. The summed E-state index contributed by atoms with van der Waals surface area (Å²) in [5.41, 5.74) is 12.9. The van der Waals surface area contributed by atoms with E-state index in [1.165, 1.54) is 82.8 Å². The maximum absolute atomic E-state index is 6.86. The Morgan fingerprint density at radius 1 is 0.490 bits per heavy atom. The lowest BCUT2D eigenvalue weighted by atomic mass is 10.00. The van der Waals surface area contributed by atoms with Crippen molar-refractivity contribution in [1.82, 2.24) is 10.6 Å². The topological polar surface area (TPSA) is 50.1 Å². The Bertz CT molecular complexity index is 2880. The van der Waals surface area contributed by atoms with Gasteiger partial charge in [-0.2, -0.15) is 0 Å². The van der Waals surface area contributed by atoms with Crippen LogP contribution in [0.2, 0.25) is 0 Å². The minimum absolute atomic E-state index is 0.182. The van der Waals surface area contributed by atoms with Gasteiger partial charge < -0.3 is 5.73 Å². The summed E-state index contributed by atoms with van der Waals surface area (Å²) >= 11 is 5.60. The predicted molar refractivity (Wildman–Crippen MR) is 223 cm³/mol. The molecule has 10 aromatic rings. The molecule has 7 aromatic carbocycles. The molecular weight excluding hydrogens is 679 g/mol. The Morgan fingerprint density at radius 2 is 1.10 bits per heavy atom. The zero-order valence-corrected chi connectivity index (χ0v) is 30.0. The van der Waals surface area contributed by atoms with Gasteiger partial charge in [-0.25, -0.2) is 0 Å². The molecule has 0 amide bonds. The molecule has 0 fully saturated rings. The third-order valence-electron chi connectivity index (χ3n) is 10.0. The molecular formula is C45H33N3S3. The molecule has 246 valence electrons. The quantitative estimate of drug-likeness (QED) is 0.138.